The van der Waals surface area contributed by atoms with Crippen LogP contribution in [-0.2, 0) is 0 Å². The van der Waals surface area contributed by atoms with Crippen LogP contribution in [0.4, 0.5) is 0 Å². The number of phenols is 1. The van der Waals surface area contributed by atoms with Gasteiger partial charge in [-0.05, 0) is 23.8 Å². The molecule has 0 fully saturated rings. The second-order valence-corrected chi connectivity index (χ2v) is 4.95. The Morgan fingerprint density at radius 1 is 1.25 bits per heavy atom. The van der Waals surface area contributed by atoms with Gasteiger partial charge in [-0.25, -0.2) is 0 Å². The van der Waals surface area contributed by atoms with Crippen molar-refractivity contribution in [2.24, 2.45) is 5.73 Å². The van der Waals surface area contributed by atoms with E-state index in [0.717, 1.165) is 22.6 Å². The van der Waals surface area contributed by atoms with Crippen molar-refractivity contribution in [3.63, 3.8) is 0 Å². The van der Waals surface area contributed by atoms with Crippen molar-refractivity contribution in [3.8, 4) is 17.2 Å². The van der Waals surface area contributed by atoms with Gasteiger partial charge in [-0.1, -0.05) is 18.2 Å². The molecule has 1 heterocycles. The van der Waals surface area contributed by atoms with Crippen LogP contribution in [0.25, 0.3) is 0 Å². The number of rotatable bonds is 2. The van der Waals surface area contributed by atoms with E-state index in [0.29, 0.717) is 6.42 Å². The molecule has 0 aromatic heterocycles. The quantitative estimate of drug-likeness (QED) is 0.881. The average Bonchev–Trinajstić information content (AvgIpc) is 2.46. The van der Waals surface area contributed by atoms with Crippen molar-refractivity contribution >= 4 is 0 Å². The molecule has 104 valence electrons. The van der Waals surface area contributed by atoms with Gasteiger partial charge in [0.05, 0.1) is 7.11 Å². The standard InChI is InChI=1S/C16H17NO3/c1-19-12-5-6-13-14(17)9-15(20-16(13)8-12)10-3-2-4-11(18)7-10/h2-8,14-15,18H,9,17H2,1H3/t14-,15?/m0/s1. The van der Waals surface area contributed by atoms with Crippen LogP contribution in [0, 0.1) is 0 Å². The number of phenolic OH excluding ortho intramolecular Hbond substituents is 1. The molecule has 0 aliphatic carbocycles. The molecule has 4 nitrogen and oxygen atoms in total. The van der Waals surface area contributed by atoms with Gasteiger partial charge in [-0.15, -0.1) is 0 Å². The van der Waals surface area contributed by atoms with Crippen LogP contribution in [0.2, 0.25) is 0 Å². The van der Waals surface area contributed by atoms with Crippen LogP contribution < -0.4 is 15.2 Å². The second kappa shape index (κ2) is 5.06. The van der Waals surface area contributed by atoms with Crippen molar-refractivity contribution in [2.45, 2.75) is 18.6 Å². The van der Waals surface area contributed by atoms with Gasteiger partial charge in [0.1, 0.15) is 23.4 Å². The summed E-state index contributed by atoms with van der Waals surface area (Å²) in [6, 6.07) is 12.7. The van der Waals surface area contributed by atoms with E-state index in [-0.39, 0.29) is 17.9 Å². The number of hydrogen-bond acceptors (Lipinski definition) is 4. The first kappa shape index (κ1) is 12.8. The highest BCUT2D eigenvalue weighted by atomic mass is 16.5. The fraction of sp³-hybridized carbons (Fsp3) is 0.250. The van der Waals surface area contributed by atoms with Gasteiger partial charge >= 0.3 is 0 Å². The van der Waals surface area contributed by atoms with Crippen molar-refractivity contribution in [2.75, 3.05) is 7.11 Å². The number of methoxy groups -OCH3 is 1. The summed E-state index contributed by atoms with van der Waals surface area (Å²) in [6.07, 6.45) is 0.527. The van der Waals surface area contributed by atoms with Gasteiger partial charge in [0.15, 0.2) is 0 Å². The molecule has 4 heteroatoms. The minimum Gasteiger partial charge on any atom is -0.508 e. The van der Waals surface area contributed by atoms with E-state index in [1.807, 2.05) is 24.3 Å². The molecule has 2 aromatic rings. The van der Waals surface area contributed by atoms with Crippen LogP contribution in [-0.4, -0.2) is 12.2 Å². The van der Waals surface area contributed by atoms with Crippen LogP contribution >= 0.6 is 0 Å². The van der Waals surface area contributed by atoms with Gasteiger partial charge in [-0.2, -0.15) is 0 Å². The molecule has 0 spiro atoms. The molecule has 2 atom stereocenters. The Labute approximate surface area is 117 Å². The minimum absolute atomic E-state index is 0.0861. The number of benzene rings is 2. The predicted molar refractivity (Wildman–Crippen MR) is 76.0 cm³/mol. The SMILES string of the molecule is COc1ccc2c(c1)OC(c1cccc(O)c1)C[C@@H]2N. The summed E-state index contributed by atoms with van der Waals surface area (Å²) >= 11 is 0. The van der Waals surface area contributed by atoms with Crippen molar-refractivity contribution in [3.05, 3.63) is 53.6 Å². The van der Waals surface area contributed by atoms with E-state index < -0.39 is 0 Å². The Morgan fingerprint density at radius 2 is 2.10 bits per heavy atom. The summed E-state index contributed by atoms with van der Waals surface area (Å²) in [6.45, 7) is 0. The highest BCUT2D eigenvalue weighted by molar-refractivity contribution is 5.44. The molecule has 0 saturated heterocycles. The Kier molecular flexibility index (Phi) is 3.24. The Morgan fingerprint density at radius 3 is 2.85 bits per heavy atom. The summed E-state index contributed by atoms with van der Waals surface area (Å²) in [7, 11) is 1.62. The highest BCUT2D eigenvalue weighted by Crippen LogP contribution is 2.41. The summed E-state index contributed by atoms with van der Waals surface area (Å²) in [5.74, 6) is 1.72. The van der Waals surface area contributed by atoms with Crippen LogP contribution in [0.5, 0.6) is 17.2 Å². The van der Waals surface area contributed by atoms with E-state index in [2.05, 4.69) is 0 Å². The lowest BCUT2D eigenvalue weighted by atomic mass is 9.93. The van der Waals surface area contributed by atoms with E-state index in [9.17, 15) is 5.11 Å². The lowest BCUT2D eigenvalue weighted by Gasteiger charge is -2.30. The first-order valence-corrected chi connectivity index (χ1v) is 6.56. The molecular weight excluding hydrogens is 254 g/mol. The average molecular weight is 271 g/mol. The van der Waals surface area contributed by atoms with E-state index in [1.165, 1.54) is 0 Å². The summed E-state index contributed by atoms with van der Waals surface area (Å²) in [5, 5.41) is 9.58. The summed E-state index contributed by atoms with van der Waals surface area (Å²) < 4.78 is 11.2. The molecule has 1 aliphatic heterocycles. The molecule has 1 unspecified atom stereocenters. The highest BCUT2D eigenvalue weighted by Gasteiger charge is 2.27. The number of aromatic hydroxyl groups is 1. The molecule has 0 bridgehead atoms. The largest absolute Gasteiger partial charge is 0.508 e. The topological polar surface area (TPSA) is 64.7 Å². The molecule has 2 aromatic carbocycles. The zero-order chi connectivity index (χ0) is 14.1. The second-order valence-electron chi connectivity index (χ2n) is 4.95. The number of fused-ring (bicyclic) bond motifs is 1. The zero-order valence-corrected chi connectivity index (χ0v) is 11.2. The predicted octanol–water partition coefficient (Wildman–Crippen LogP) is 2.92. The minimum atomic E-state index is -0.156. The Hall–Kier alpha value is -2.20. The lowest BCUT2D eigenvalue weighted by molar-refractivity contribution is 0.160. The van der Waals surface area contributed by atoms with E-state index in [4.69, 9.17) is 15.2 Å². The molecule has 1 aliphatic rings. The van der Waals surface area contributed by atoms with Crippen molar-refractivity contribution < 1.29 is 14.6 Å². The van der Waals surface area contributed by atoms with Crippen LogP contribution in [0.1, 0.15) is 29.7 Å². The number of ether oxygens (including phenoxy) is 2. The maximum Gasteiger partial charge on any atom is 0.128 e. The van der Waals surface area contributed by atoms with Gasteiger partial charge < -0.3 is 20.3 Å². The molecular formula is C16H17NO3. The molecule has 3 rings (SSSR count). The first-order chi connectivity index (χ1) is 9.67. The molecule has 0 saturated carbocycles. The van der Waals surface area contributed by atoms with Gasteiger partial charge in [-0.3, -0.25) is 0 Å². The molecule has 0 amide bonds. The normalized spacial score (nSPS) is 20.9. The maximum absolute atomic E-state index is 9.58. The van der Waals surface area contributed by atoms with Gasteiger partial charge in [0.2, 0.25) is 0 Å². The third-order valence-corrected chi connectivity index (χ3v) is 3.60. The first-order valence-electron chi connectivity index (χ1n) is 6.56. The van der Waals surface area contributed by atoms with Crippen LogP contribution in [0.15, 0.2) is 42.5 Å². The number of hydrogen-bond donors (Lipinski definition) is 2. The van der Waals surface area contributed by atoms with Crippen molar-refractivity contribution in [1.29, 1.82) is 0 Å². The van der Waals surface area contributed by atoms with Crippen LogP contribution in [0.3, 0.4) is 0 Å². The summed E-state index contributed by atoms with van der Waals surface area (Å²) in [5.41, 5.74) is 8.13. The lowest BCUT2D eigenvalue weighted by Crippen LogP contribution is -2.24. The van der Waals surface area contributed by atoms with Crippen molar-refractivity contribution in [1.82, 2.24) is 0 Å². The van der Waals surface area contributed by atoms with E-state index in [1.54, 1.807) is 25.3 Å². The van der Waals surface area contributed by atoms with E-state index >= 15 is 0 Å². The Balaban J connectivity index is 1.95. The maximum atomic E-state index is 9.58. The van der Waals surface area contributed by atoms with Gasteiger partial charge in [0, 0.05) is 24.1 Å². The van der Waals surface area contributed by atoms with Gasteiger partial charge in [0.25, 0.3) is 0 Å². The zero-order valence-electron chi connectivity index (χ0n) is 11.2. The third kappa shape index (κ3) is 2.30. The summed E-state index contributed by atoms with van der Waals surface area (Å²) in [4.78, 5) is 0. The fourth-order valence-electron chi connectivity index (χ4n) is 2.54. The fourth-order valence-corrected chi connectivity index (χ4v) is 2.54. The monoisotopic (exact) mass is 271 g/mol. The Bertz CT molecular complexity index is 627. The number of nitrogens with two attached hydrogens (primary N) is 1. The smallest absolute Gasteiger partial charge is 0.128 e. The molecule has 3 N–H and O–H groups in total. The third-order valence-electron chi connectivity index (χ3n) is 3.60. The molecule has 20 heavy (non-hydrogen) atoms. The molecule has 0 radical (unpaired) electrons.